The first-order valence-corrected chi connectivity index (χ1v) is 35.1. The second-order valence-corrected chi connectivity index (χ2v) is 23.4. The van der Waals surface area contributed by atoms with Crippen molar-refractivity contribution in [3.8, 4) is 0 Å². The molecule has 0 aliphatic rings. The van der Waals surface area contributed by atoms with Crippen molar-refractivity contribution in [2.45, 2.75) is 361 Å². The maximum absolute atomic E-state index is 12.9. The second kappa shape index (κ2) is 69.1. The molecule has 0 bridgehead atoms. The Labute approximate surface area is 503 Å². The Morgan fingerprint density at radius 3 is 0.790 bits per heavy atom. The molecule has 0 heterocycles. The molecule has 1 atom stereocenters. The highest BCUT2D eigenvalue weighted by molar-refractivity contribution is 5.71. The second-order valence-electron chi connectivity index (χ2n) is 23.4. The highest BCUT2D eigenvalue weighted by Crippen LogP contribution is 2.17. The Morgan fingerprint density at radius 2 is 0.481 bits per heavy atom. The van der Waals surface area contributed by atoms with E-state index in [2.05, 4.69) is 106 Å². The van der Waals surface area contributed by atoms with Gasteiger partial charge in [0.25, 0.3) is 0 Å². The molecule has 1 unspecified atom stereocenters. The lowest BCUT2D eigenvalue weighted by molar-refractivity contribution is -0.167. The van der Waals surface area contributed by atoms with E-state index < -0.39 is 6.10 Å². The smallest absolute Gasteiger partial charge is 0.306 e. The van der Waals surface area contributed by atoms with Crippen LogP contribution < -0.4 is 0 Å². The Hall–Kier alpha value is -3.41. The van der Waals surface area contributed by atoms with Gasteiger partial charge in [-0.3, -0.25) is 14.4 Å². The van der Waals surface area contributed by atoms with Gasteiger partial charge in [-0.2, -0.15) is 0 Å². The first-order chi connectivity index (χ1) is 40.0. The lowest BCUT2D eigenvalue weighted by Gasteiger charge is -2.18. The molecule has 0 aromatic rings. The summed E-state index contributed by atoms with van der Waals surface area (Å²) in [7, 11) is 0. The third-order valence-corrected chi connectivity index (χ3v) is 15.4. The quantitative estimate of drug-likeness (QED) is 0.0261. The molecule has 468 valence electrons. The lowest BCUT2D eigenvalue weighted by atomic mass is 10.0. The van der Waals surface area contributed by atoms with Crippen LogP contribution in [0.4, 0.5) is 0 Å². The molecule has 81 heavy (non-hydrogen) atoms. The molecular weight excluding hydrogens is 997 g/mol. The van der Waals surface area contributed by atoms with Crippen LogP contribution in [0.1, 0.15) is 355 Å². The van der Waals surface area contributed by atoms with Crippen molar-refractivity contribution in [2.24, 2.45) is 0 Å². The van der Waals surface area contributed by atoms with Gasteiger partial charge in [0.1, 0.15) is 13.2 Å². The van der Waals surface area contributed by atoms with Gasteiger partial charge < -0.3 is 14.2 Å². The van der Waals surface area contributed by atoms with E-state index in [1.807, 2.05) is 0 Å². The summed E-state index contributed by atoms with van der Waals surface area (Å²) in [6.45, 7) is 6.51. The van der Waals surface area contributed by atoms with Crippen LogP contribution in [0.5, 0.6) is 0 Å². The highest BCUT2D eigenvalue weighted by Gasteiger charge is 2.19. The molecule has 0 saturated carbocycles. The fraction of sp³-hybridized carbons (Fsp3) is 0.773. The summed E-state index contributed by atoms with van der Waals surface area (Å²) < 4.78 is 16.9. The van der Waals surface area contributed by atoms with Crippen LogP contribution in [-0.4, -0.2) is 37.2 Å². The zero-order valence-corrected chi connectivity index (χ0v) is 53.8. The normalized spacial score (nSPS) is 12.6. The summed E-state index contributed by atoms with van der Waals surface area (Å²) in [5.41, 5.74) is 0. The third-order valence-electron chi connectivity index (χ3n) is 15.4. The number of hydrogen-bond donors (Lipinski definition) is 0. The molecule has 0 aliphatic carbocycles. The van der Waals surface area contributed by atoms with Crippen LogP contribution >= 0.6 is 0 Å². The molecule has 6 heteroatoms. The topological polar surface area (TPSA) is 78.9 Å². The molecule has 0 amide bonds. The summed E-state index contributed by atoms with van der Waals surface area (Å²) in [6, 6.07) is 0. The van der Waals surface area contributed by atoms with Gasteiger partial charge in [-0.15, -0.1) is 0 Å². The van der Waals surface area contributed by atoms with Gasteiger partial charge in [0.2, 0.25) is 0 Å². The van der Waals surface area contributed by atoms with Gasteiger partial charge in [0.15, 0.2) is 6.10 Å². The average molecular weight is 1130 g/mol. The molecule has 0 saturated heterocycles. The van der Waals surface area contributed by atoms with Crippen molar-refractivity contribution in [2.75, 3.05) is 13.2 Å². The molecule has 0 aromatic carbocycles. The number of carbonyl (C=O) groups excluding carboxylic acids is 3. The van der Waals surface area contributed by atoms with E-state index in [4.69, 9.17) is 14.2 Å². The summed E-state index contributed by atoms with van der Waals surface area (Å²) in [6.07, 6.45) is 91.9. The fourth-order valence-electron chi connectivity index (χ4n) is 10.1. The summed E-state index contributed by atoms with van der Waals surface area (Å²) >= 11 is 0. The van der Waals surface area contributed by atoms with Gasteiger partial charge in [-0.1, -0.05) is 305 Å². The first kappa shape index (κ1) is 77.6. The monoisotopic (exact) mass is 1130 g/mol. The lowest BCUT2D eigenvalue weighted by Crippen LogP contribution is -2.30. The van der Waals surface area contributed by atoms with Crippen LogP contribution in [0.3, 0.4) is 0 Å². The van der Waals surface area contributed by atoms with Crippen LogP contribution in [0, 0.1) is 0 Å². The minimum atomic E-state index is -0.796. The molecule has 0 N–H and O–H groups in total. The molecule has 0 rings (SSSR count). The minimum absolute atomic E-state index is 0.0888. The molecule has 0 aromatic heterocycles. The van der Waals surface area contributed by atoms with Gasteiger partial charge >= 0.3 is 17.9 Å². The molecule has 0 spiro atoms. The van der Waals surface area contributed by atoms with Gasteiger partial charge in [0, 0.05) is 19.3 Å². The first-order valence-electron chi connectivity index (χ1n) is 35.1. The fourth-order valence-corrected chi connectivity index (χ4v) is 10.1. The Kier molecular flexibility index (Phi) is 66.2. The van der Waals surface area contributed by atoms with E-state index in [9.17, 15) is 14.4 Å². The highest BCUT2D eigenvalue weighted by atomic mass is 16.6. The Morgan fingerprint density at radius 1 is 0.259 bits per heavy atom. The minimum Gasteiger partial charge on any atom is -0.462 e. The number of unbranched alkanes of at least 4 members (excludes halogenated alkanes) is 39. The zero-order chi connectivity index (χ0) is 58.5. The Balaban J connectivity index is 4.23. The summed E-state index contributed by atoms with van der Waals surface area (Å²) in [5, 5.41) is 0. The number of rotatable bonds is 64. The summed E-state index contributed by atoms with van der Waals surface area (Å²) in [5.74, 6) is -0.912. The summed E-state index contributed by atoms with van der Waals surface area (Å²) in [4.78, 5) is 38.4. The van der Waals surface area contributed by atoms with E-state index in [1.54, 1.807) is 0 Å². The maximum atomic E-state index is 12.9. The van der Waals surface area contributed by atoms with Gasteiger partial charge in [-0.05, 0) is 116 Å². The molecular formula is C75H132O6. The number of carbonyl (C=O) groups is 3. The third kappa shape index (κ3) is 67.3. The SMILES string of the molecule is CC/C=C\C/C=C\C/C=C\C/C=C\CCCCCCC(=O)OC(COC(=O)CCCCCCC/C=C\C/C=C\CCCCC)COC(=O)CCCCCCCCCCCCCCCCCCCCC/C=C\CCCCCCCCCC. The maximum Gasteiger partial charge on any atom is 0.306 e. The number of hydrogen-bond acceptors (Lipinski definition) is 6. The van der Waals surface area contributed by atoms with Crippen LogP contribution in [0.2, 0.25) is 0 Å². The number of ether oxygens (including phenoxy) is 3. The standard InChI is InChI=1S/C75H132O6/c1-4-7-10-13-16-19-22-25-28-30-31-32-33-34-35-36-37-38-39-40-41-42-43-45-47-50-53-56-59-62-65-68-74(77)80-71-72(70-79-73(76)67-64-61-58-55-52-49-46-27-24-21-18-15-12-9-6-3)81-75(78)69-66-63-60-57-54-51-48-44-29-26-23-20-17-14-11-8-5-2/h8,11,17-18,20-21,26-27,29-31,46,48,51,72H,4-7,9-10,12-16,19,22-25,28,32-45,47,49-50,52-71H2,1-3H3/b11-8-,20-17-,21-18-,29-26-,31-30-,46-27-,51-48-. The predicted molar refractivity (Wildman–Crippen MR) is 353 cm³/mol. The van der Waals surface area contributed by atoms with Crippen molar-refractivity contribution in [1.82, 2.24) is 0 Å². The van der Waals surface area contributed by atoms with Crippen LogP contribution in [-0.2, 0) is 28.6 Å². The number of esters is 3. The average Bonchev–Trinajstić information content (AvgIpc) is 3.47. The van der Waals surface area contributed by atoms with E-state index >= 15 is 0 Å². The number of allylic oxidation sites excluding steroid dienone is 14. The Bertz CT molecular complexity index is 1530. The van der Waals surface area contributed by atoms with Gasteiger partial charge in [-0.25, -0.2) is 0 Å². The molecule has 6 nitrogen and oxygen atoms in total. The van der Waals surface area contributed by atoms with E-state index in [0.717, 1.165) is 122 Å². The van der Waals surface area contributed by atoms with Gasteiger partial charge in [0.05, 0.1) is 0 Å². The van der Waals surface area contributed by atoms with Crippen molar-refractivity contribution >= 4 is 17.9 Å². The predicted octanol–water partition coefficient (Wildman–Crippen LogP) is 24.2. The van der Waals surface area contributed by atoms with E-state index in [-0.39, 0.29) is 31.1 Å². The van der Waals surface area contributed by atoms with E-state index in [1.165, 1.54) is 193 Å². The van der Waals surface area contributed by atoms with Crippen molar-refractivity contribution < 1.29 is 28.6 Å². The molecule has 0 radical (unpaired) electrons. The van der Waals surface area contributed by atoms with Crippen molar-refractivity contribution in [3.05, 3.63) is 85.1 Å². The van der Waals surface area contributed by atoms with Crippen molar-refractivity contribution in [1.29, 1.82) is 0 Å². The van der Waals surface area contributed by atoms with E-state index in [0.29, 0.717) is 19.3 Å². The van der Waals surface area contributed by atoms with Crippen LogP contribution in [0.15, 0.2) is 85.1 Å². The van der Waals surface area contributed by atoms with Crippen molar-refractivity contribution in [3.63, 3.8) is 0 Å². The largest absolute Gasteiger partial charge is 0.462 e. The molecule has 0 fully saturated rings. The van der Waals surface area contributed by atoms with Crippen LogP contribution in [0.25, 0.3) is 0 Å². The zero-order valence-electron chi connectivity index (χ0n) is 53.8. The molecule has 0 aliphatic heterocycles.